The van der Waals surface area contributed by atoms with Crippen LogP contribution < -0.4 is 5.32 Å². The standard InChI is InChI=1S/C15H19NO5/c1-20-14(18)10-12(15(19)21-2)16-13(17)9-8-11-6-4-3-5-7-11/h3-7,12H,8-10H2,1-2H3,(H,16,17)/t12-/m1/s1. The van der Waals surface area contributed by atoms with Gasteiger partial charge in [0.05, 0.1) is 20.6 Å². The first kappa shape index (κ1) is 16.7. The Labute approximate surface area is 123 Å². The summed E-state index contributed by atoms with van der Waals surface area (Å²) in [7, 11) is 2.41. The van der Waals surface area contributed by atoms with Crippen molar-refractivity contribution in [2.45, 2.75) is 25.3 Å². The predicted molar refractivity (Wildman–Crippen MR) is 75.3 cm³/mol. The van der Waals surface area contributed by atoms with Gasteiger partial charge in [-0.05, 0) is 12.0 Å². The largest absolute Gasteiger partial charge is 0.469 e. The molecule has 1 aromatic rings. The van der Waals surface area contributed by atoms with Crippen LogP contribution in [0.3, 0.4) is 0 Å². The number of hydrogen-bond acceptors (Lipinski definition) is 5. The van der Waals surface area contributed by atoms with Crippen LogP contribution in [-0.4, -0.2) is 38.1 Å². The van der Waals surface area contributed by atoms with Crippen LogP contribution in [0.15, 0.2) is 30.3 Å². The topological polar surface area (TPSA) is 81.7 Å². The lowest BCUT2D eigenvalue weighted by Gasteiger charge is -2.15. The fourth-order valence-electron chi connectivity index (χ4n) is 1.75. The Kier molecular flexibility index (Phi) is 6.94. The van der Waals surface area contributed by atoms with Gasteiger partial charge in [0.1, 0.15) is 6.04 Å². The third-order valence-electron chi connectivity index (χ3n) is 2.90. The molecule has 0 radical (unpaired) electrons. The number of nitrogens with one attached hydrogen (secondary N) is 1. The van der Waals surface area contributed by atoms with Crippen LogP contribution in [0.2, 0.25) is 0 Å². The van der Waals surface area contributed by atoms with Gasteiger partial charge in [-0.2, -0.15) is 0 Å². The van der Waals surface area contributed by atoms with Crippen LogP contribution in [0.25, 0.3) is 0 Å². The zero-order chi connectivity index (χ0) is 15.7. The fraction of sp³-hybridized carbons (Fsp3) is 0.400. The maximum atomic E-state index is 11.8. The number of rotatable bonds is 7. The van der Waals surface area contributed by atoms with Crippen molar-refractivity contribution in [3.05, 3.63) is 35.9 Å². The molecule has 0 heterocycles. The smallest absolute Gasteiger partial charge is 0.328 e. The lowest BCUT2D eigenvalue weighted by molar-refractivity contribution is -0.150. The van der Waals surface area contributed by atoms with Crippen LogP contribution in [-0.2, 0) is 30.3 Å². The highest BCUT2D eigenvalue weighted by Gasteiger charge is 2.24. The van der Waals surface area contributed by atoms with E-state index < -0.39 is 18.0 Å². The van der Waals surface area contributed by atoms with E-state index in [1.54, 1.807) is 0 Å². The number of amides is 1. The second kappa shape index (κ2) is 8.73. The number of carbonyl (C=O) groups excluding carboxylic acids is 3. The molecule has 114 valence electrons. The molecule has 0 unspecified atom stereocenters. The predicted octanol–water partition coefficient (Wildman–Crippen LogP) is 0.840. The summed E-state index contributed by atoms with van der Waals surface area (Å²) in [4.78, 5) is 34.6. The van der Waals surface area contributed by atoms with Crippen LogP contribution in [0.4, 0.5) is 0 Å². The molecular weight excluding hydrogens is 274 g/mol. The molecule has 0 bridgehead atoms. The Balaban J connectivity index is 2.51. The first-order chi connectivity index (χ1) is 10.1. The summed E-state index contributed by atoms with van der Waals surface area (Å²) in [6.45, 7) is 0. The summed E-state index contributed by atoms with van der Waals surface area (Å²) in [5.41, 5.74) is 1.02. The number of carbonyl (C=O) groups is 3. The molecule has 6 heteroatoms. The molecule has 1 rings (SSSR count). The van der Waals surface area contributed by atoms with Gasteiger partial charge in [-0.3, -0.25) is 9.59 Å². The van der Waals surface area contributed by atoms with Crippen LogP contribution >= 0.6 is 0 Å². The van der Waals surface area contributed by atoms with E-state index in [2.05, 4.69) is 14.8 Å². The molecule has 1 amide bonds. The lowest BCUT2D eigenvalue weighted by Crippen LogP contribution is -2.43. The van der Waals surface area contributed by atoms with E-state index in [0.717, 1.165) is 5.56 Å². The number of ether oxygens (including phenoxy) is 2. The van der Waals surface area contributed by atoms with Crippen molar-refractivity contribution in [1.29, 1.82) is 0 Å². The second-order valence-corrected chi connectivity index (χ2v) is 4.41. The molecule has 1 atom stereocenters. The first-order valence-electron chi connectivity index (χ1n) is 6.54. The molecule has 1 N–H and O–H groups in total. The molecule has 1 aromatic carbocycles. The molecule has 0 aliphatic heterocycles. The Hall–Kier alpha value is -2.37. The summed E-state index contributed by atoms with van der Waals surface area (Å²) in [5, 5.41) is 2.49. The van der Waals surface area contributed by atoms with Gasteiger partial charge in [0.2, 0.25) is 5.91 Å². The quantitative estimate of drug-likeness (QED) is 0.753. The summed E-state index contributed by atoms with van der Waals surface area (Å²) in [6.07, 6.45) is 0.526. The number of benzene rings is 1. The Morgan fingerprint density at radius 1 is 1.10 bits per heavy atom. The highest BCUT2D eigenvalue weighted by Crippen LogP contribution is 2.04. The molecule has 6 nitrogen and oxygen atoms in total. The molecule has 0 saturated heterocycles. The SMILES string of the molecule is COC(=O)C[C@@H](NC(=O)CCc1ccccc1)C(=O)OC. The van der Waals surface area contributed by atoms with E-state index in [0.29, 0.717) is 6.42 Å². The minimum absolute atomic E-state index is 0.221. The molecule has 0 spiro atoms. The molecule has 0 aliphatic carbocycles. The summed E-state index contributed by atoms with van der Waals surface area (Å²) < 4.78 is 9.05. The van der Waals surface area contributed by atoms with Gasteiger partial charge in [-0.15, -0.1) is 0 Å². The van der Waals surface area contributed by atoms with Gasteiger partial charge in [-0.1, -0.05) is 30.3 Å². The van der Waals surface area contributed by atoms with E-state index in [1.807, 2.05) is 30.3 Å². The third-order valence-corrected chi connectivity index (χ3v) is 2.90. The van der Waals surface area contributed by atoms with Crippen molar-refractivity contribution in [1.82, 2.24) is 5.32 Å². The zero-order valence-electron chi connectivity index (χ0n) is 12.1. The Morgan fingerprint density at radius 3 is 2.33 bits per heavy atom. The van der Waals surface area contributed by atoms with E-state index in [-0.39, 0.29) is 18.7 Å². The average Bonchev–Trinajstić information content (AvgIpc) is 2.52. The van der Waals surface area contributed by atoms with Crippen molar-refractivity contribution in [2.24, 2.45) is 0 Å². The van der Waals surface area contributed by atoms with Crippen LogP contribution in [0, 0.1) is 0 Å². The molecule has 0 aliphatic rings. The van der Waals surface area contributed by atoms with Crippen LogP contribution in [0.1, 0.15) is 18.4 Å². The minimum atomic E-state index is -1.02. The molecule has 0 saturated carbocycles. The second-order valence-electron chi connectivity index (χ2n) is 4.41. The molecule has 0 aromatic heterocycles. The lowest BCUT2D eigenvalue weighted by atomic mass is 10.1. The highest BCUT2D eigenvalue weighted by molar-refractivity contribution is 5.88. The fourth-order valence-corrected chi connectivity index (χ4v) is 1.75. The van der Waals surface area contributed by atoms with E-state index in [9.17, 15) is 14.4 Å². The van der Waals surface area contributed by atoms with E-state index >= 15 is 0 Å². The van der Waals surface area contributed by atoms with Gasteiger partial charge < -0.3 is 14.8 Å². The van der Waals surface area contributed by atoms with Crippen molar-refractivity contribution < 1.29 is 23.9 Å². The zero-order valence-corrected chi connectivity index (χ0v) is 12.1. The Bertz CT molecular complexity index is 486. The maximum absolute atomic E-state index is 11.8. The molecule has 21 heavy (non-hydrogen) atoms. The van der Waals surface area contributed by atoms with Gasteiger partial charge in [0, 0.05) is 6.42 Å². The summed E-state index contributed by atoms with van der Waals surface area (Å²) in [5.74, 6) is -1.58. The maximum Gasteiger partial charge on any atom is 0.328 e. The number of aryl methyl sites for hydroxylation is 1. The van der Waals surface area contributed by atoms with Crippen LogP contribution in [0.5, 0.6) is 0 Å². The minimum Gasteiger partial charge on any atom is -0.469 e. The average molecular weight is 293 g/mol. The normalized spacial score (nSPS) is 11.3. The van der Waals surface area contributed by atoms with Gasteiger partial charge in [0.15, 0.2) is 0 Å². The van der Waals surface area contributed by atoms with Crippen molar-refractivity contribution >= 4 is 17.8 Å². The Morgan fingerprint density at radius 2 is 1.76 bits per heavy atom. The third kappa shape index (κ3) is 6.07. The number of esters is 2. The highest BCUT2D eigenvalue weighted by atomic mass is 16.5. The monoisotopic (exact) mass is 293 g/mol. The summed E-state index contributed by atoms with van der Waals surface area (Å²) >= 11 is 0. The van der Waals surface area contributed by atoms with Crippen molar-refractivity contribution in [3.63, 3.8) is 0 Å². The van der Waals surface area contributed by atoms with Gasteiger partial charge >= 0.3 is 11.9 Å². The van der Waals surface area contributed by atoms with Gasteiger partial charge in [0.25, 0.3) is 0 Å². The molecular formula is C15H19NO5. The first-order valence-corrected chi connectivity index (χ1v) is 6.54. The summed E-state index contributed by atoms with van der Waals surface area (Å²) in [6, 6.07) is 8.49. The molecule has 0 fully saturated rings. The van der Waals surface area contributed by atoms with Crippen molar-refractivity contribution in [3.8, 4) is 0 Å². The van der Waals surface area contributed by atoms with Gasteiger partial charge in [-0.25, -0.2) is 4.79 Å². The van der Waals surface area contributed by atoms with E-state index in [4.69, 9.17) is 0 Å². The van der Waals surface area contributed by atoms with E-state index in [1.165, 1.54) is 14.2 Å². The number of methoxy groups -OCH3 is 2. The van der Waals surface area contributed by atoms with Crippen molar-refractivity contribution in [2.75, 3.05) is 14.2 Å². The number of hydrogen-bond donors (Lipinski definition) is 1.